The third kappa shape index (κ3) is 3.56. The molecule has 10 heteroatoms. The average molecular weight is 426 g/mol. The lowest BCUT2D eigenvalue weighted by Crippen LogP contribution is -2.12. The fourth-order valence-corrected chi connectivity index (χ4v) is 3.27. The van der Waals surface area contributed by atoms with Crippen molar-refractivity contribution < 1.29 is 14.1 Å². The highest BCUT2D eigenvalue weighted by molar-refractivity contribution is 6.03. The number of nitrogens with zero attached hydrogens (tertiary/aromatic N) is 4. The van der Waals surface area contributed by atoms with Crippen molar-refractivity contribution in [3.8, 4) is 22.8 Å². The molecule has 2 heterocycles. The molecule has 0 atom stereocenters. The Morgan fingerprint density at radius 3 is 2.56 bits per heavy atom. The normalized spacial score (nSPS) is 10.9. The zero-order valence-electron chi connectivity index (χ0n) is 16.4. The molecule has 32 heavy (non-hydrogen) atoms. The third-order valence-electron chi connectivity index (χ3n) is 4.77. The van der Waals surface area contributed by atoms with Gasteiger partial charge in [0.1, 0.15) is 5.82 Å². The van der Waals surface area contributed by atoms with Gasteiger partial charge in [0.05, 0.1) is 16.0 Å². The first-order valence-corrected chi connectivity index (χ1v) is 9.52. The smallest absolute Gasteiger partial charge is 0.322 e. The molecule has 2 N–H and O–H groups in total. The number of nitro groups is 1. The van der Waals surface area contributed by atoms with Gasteiger partial charge in [-0.3, -0.25) is 20.2 Å². The molecule has 0 aliphatic carbocycles. The van der Waals surface area contributed by atoms with Gasteiger partial charge in [-0.1, -0.05) is 41.5 Å². The van der Waals surface area contributed by atoms with Crippen LogP contribution in [-0.2, 0) is 0 Å². The summed E-state index contributed by atoms with van der Waals surface area (Å²) in [7, 11) is 0. The number of non-ortho nitro benzene ring substituents is 1. The summed E-state index contributed by atoms with van der Waals surface area (Å²) in [5, 5.41) is 21.3. The summed E-state index contributed by atoms with van der Waals surface area (Å²) in [5.41, 5.74) is 3.02. The minimum Gasteiger partial charge on any atom is -0.403 e. The Bertz CT molecular complexity index is 1440. The Labute approximate surface area is 180 Å². The Balaban J connectivity index is 1.43. The monoisotopic (exact) mass is 426 g/mol. The van der Waals surface area contributed by atoms with E-state index in [0.717, 1.165) is 16.6 Å². The first kappa shape index (κ1) is 19.1. The minimum atomic E-state index is -0.602. The predicted octanol–water partition coefficient (Wildman–Crippen LogP) is 4.44. The number of amides is 1. The number of hydrogen-bond donors (Lipinski definition) is 2. The lowest BCUT2D eigenvalue weighted by Gasteiger charge is -2.03. The molecule has 2 aromatic heterocycles. The Hall–Kier alpha value is -4.86. The van der Waals surface area contributed by atoms with Crippen LogP contribution in [0.5, 0.6) is 0 Å². The van der Waals surface area contributed by atoms with Gasteiger partial charge in [0.15, 0.2) is 0 Å². The van der Waals surface area contributed by atoms with Crippen LogP contribution in [0.4, 0.5) is 11.7 Å². The fraction of sp³-hybridized carbons (Fsp3) is 0. The molecule has 0 saturated carbocycles. The molecule has 0 aliphatic rings. The minimum absolute atomic E-state index is 0.0987. The van der Waals surface area contributed by atoms with Crippen molar-refractivity contribution in [1.29, 1.82) is 0 Å². The van der Waals surface area contributed by atoms with Gasteiger partial charge in [-0.2, -0.15) is 0 Å². The van der Waals surface area contributed by atoms with Gasteiger partial charge in [0, 0.05) is 28.8 Å². The Morgan fingerprint density at radius 1 is 0.969 bits per heavy atom. The number of nitrogens with one attached hydrogen (secondary N) is 2. The van der Waals surface area contributed by atoms with E-state index in [4.69, 9.17) is 4.42 Å². The van der Waals surface area contributed by atoms with Crippen LogP contribution >= 0.6 is 0 Å². The van der Waals surface area contributed by atoms with Crippen molar-refractivity contribution in [3.63, 3.8) is 0 Å². The molecule has 156 valence electrons. The summed E-state index contributed by atoms with van der Waals surface area (Å²) in [4.78, 5) is 30.7. The van der Waals surface area contributed by atoms with Crippen LogP contribution in [0.1, 0.15) is 10.4 Å². The van der Waals surface area contributed by atoms with E-state index in [1.807, 2.05) is 48.5 Å². The maximum absolute atomic E-state index is 12.4. The molecule has 0 bridgehead atoms. The van der Waals surface area contributed by atoms with Crippen molar-refractivity contribution in [2.45, 2.75) is 0 Å². The predicted molar refractivity (Wildman–Crippen MR) is 116 cm³/mol. The summed E-state index contributed by atoms with van der Waals surface area (Å²) < 4.78 is 5.65. The first-order chi connectivity index (χ1) is 15.6. The maximum atomic E-state index is 12.4. The molecule has 0 radical (unpaired) electrons. The van der Waals surface area contributed by atoms with E-state index in [-0.39, 0.29) is 23.2 Å². The molecule has 0 aliphatic heterocycles. The van der Waals surface area contributed by atoms with Crippen LogP contribution < -0.4 is 5.32 Å². The van der Waals surface area contributed by atoms with Gasteiger partial charge in [-0.25, -0.2) is 4.98 Å². The molecule has 1 amide bonds. The standard InChI is InChI=1S/C22H14N6O4/c29-20(13-6-5-7-14(12-13)28(30)31)25-22-27-26-21(32-22)16-9-2-1-8-15(16)19-23-17-10-3-4-11-18(17)24-19/h1-12H,(H,23,24)(H,25,27,29). The third-order valence-corrected chi connectivity index (χ3v) is 4.77. The Kier molecular flexibility index (Phi) is 4.64. The number of rotatable bonds is 5. The van der Waals surface area contributed by atoms with Crippen LogP contribution in [0, 0.1) is 10.1 Å². The molecule has 0 spiro atoms. The number of carbonyl (C=O) groups excluding carboxylic acids is 1. The highest BCUT2D eigenvalue weighted by Gasteiger charge is 2.18. The van der Waals surface area contributed by atoms with Crippen molar-refractivity contribution in [3.05, 3.63) is 88.5 Å². The van der Waals surface area contributed by atoms with Crippen LogP contribution in [0.2, 0.25) is 0 Å². The lowest BCUT2D eigenvalue weighted by atomic mass is 10.1. The summed E-state index contributed by atoms with van der Waals surface area (Å²) in [5.74, 6) is 0.229. The summed E-state index contributed by atoms with van der Waals surface area (Å²) in [6.07, 6.45) is 0. The molecule has 0 unspecified atom stereocenters. The summed E-state index contributed by atoms with van der Waals surface area (Å²) in [6.45, 7) is 0. The second-order valence-corrected chi connectivity index (χ2v) is 6.82. The number of para-hydroxylation sites is 2. The van der Waals surface area contributed by atoms with Crippen LogP contribution in [0.25, 0.3) is 33.9 Å². The SMILES string of the molecule is O=C(Nc1nnc(-c2ccccc2-c2nc3ccccc3[nH]2)o1)c1cccc([N+](=O)[O-])c1. The highest BCUT2D eigenvalue weighted by atomic mass is 16.6. The van der Waals surface area contributed by atoms with Gasteiger partial charge < -0.3 is 9.40 Å². The quantitative estimate of drug-likeness (QED) is 0.313. The van der Waals surface area contributed by atoms with Crippen LogP contribution in [0.3, 0.4) is 0 Å². The van der Waals surface area contributed by atoms with Crippen LogP contribution in [-0.4, -0.2) is 31.0 Å². The van der Waals surface area contributed by atoms with Crippen LogP contribution in [0.15, 0.2) is 77.2 Å². The van der Waals surface area contributed by atoms with Gasteiger partial charge in [0.2, 0.25) is 0 Å². The van der Waals surface area contributed by atoms with Crippen molar-refractivity contribution in [2.75, 3.05) is 5.32 Å². The number of aromatic amines is 1. The summed E-state index contributed by atoms with van der Waals surface area (Å²) >= 11 is 0. The zero-order valence-corrected chi connectivity index (χ0v) is 16.4. The fourth-order valence-electron chi connectivity index (χ4n) is 3.27. The number of anilines is 1. The van der Waals surface area contributed by atoms with Gasteiger partial charge in [-0.05, 0) is 24.3 Å². The molecule has 5 rings (SSSR count). The van der Waals surface area contributed by atoms with Gasteiger partial charge >= 0.3 is 6.01 Å². The number of benzene rings is 3. The van der Waals surface area contributed by atoms with E-state index < -0.39 is 10.8 Å². The van der Waals surface area contributed by atoms with Crippen molar-refractivity contribution in [2.24, 2.45) is 0 Å². The molecular formula is C22H14N6O4. The topological polar surface area (TPSA) is 140 Å². The Morgan fingerprint density at radius 2 is 1.75 bits per heavy atom. The first-order valence-electron chi connectivity index (χ1n) is 9.52. The number of fused-ring (bicyclic) bond motifs is 1. The van der Waals surface area contributed by atoms with E-state index in [0.29, 0.717) is 11.4 Å². The number of hydrogen-bond acceptors (Lipinski definition) is 7. The largest absolute Gasteiger partial charge is 0.403 e. The zero-order chi connectivity index (χ0) is 22.1. The maximum Gasteiger partial charge on any atom is 0.322 e. The number of nitro benzene ring substituents is 1. The molecule has 10 nitrogen and oxygen atoms in total. The number of H-pyrrole nitrogens is 1. The lowest BCUT2D eigenvalue weighted by molar-refractivity contribution is -0.384. The van der Waals surface area contributed by atoms with E-state index in [1.54, 1.807) is 0 Å². The van der Waals surface area contributed by atoms with E-state index in [9.17, 15) is 14.9 Å². The number of imidazole rings is 1. The molecular weight excluding hydrogens is 412 g/mol. The second-order valence-electron chi connectivity index (χ2n) is 6.82. The van der Waals surface area contributed by atoms with Crippen molar-refractivity contribution >= 4 is 28.6 Å². The summed E-state index contributed by atoms with van der Waals surface area (Å²) in [6, 6.07) is 20.3. The molecule has 0 fully saturated rings. The van der Waals surface area contributed by atoms with E-state index >= 15 is 0 Å². The molecule has 0 saturated heterocycles. The van der Waals surface area contributed by atoms with Crippen molar-refractivity contribution in [1.82, 2.24) is 20.2 Å². The van der Waals surface area contributed by atoms with E-state index in [1.165, 1.54) is 24.3 Å². The molecule has 5 aromatic rings. The highest BCUT2D eigenvalue weighted by Crippen LogP contribution is 2.31. The second kappa shape index (κ2) is 7.76. The van der Waals surface area contributed by atoms with E-state index in [2.05, 4.69) is 25.5 Å². The number of aromatic nitrogens is 4. The number of carbonyl (C=O) groups is 1. The molecule has 3 aromatic carbocycles. The van der Waals surface area contributed by atoms with Gasteiger partial charge in [0.25, 0.3) is 17.5 Å². The average Bonchev–Trinajstić information content (AvgIpc) is 3.46. The van der Waals surface area contributed by atoms with Gasteiger partial charge in [-0.15, -0.1) is 5.10 Å².